The fourth-order valence-electron chi connectivity index (χ4n) is 4.54. The average molecular weight is 510 g/mol. The van der Waals surface area contributed by atoms with Crippen LogP contribution in [0.1, 0.15) is 52.9 Å². The van der Waals surface area contributed by atoms with Crippen LogP contribution in [-0.2, 0) is 4.74 Å². The minimum Gasteiger partial charge on any atom is -0.379 e. The Labute approximate surface area is 190 Å². The van der Waals surface area contributed by atoms with Crippen LogP contribution in [0.5, 0.6) is 0 Å². The van der Waals surface area contributed by atoms with Crippen LogP contribution in [0.15, 0.2) is 4.99 Å². The van der Waals surface area contributed by atoms with Gasteiger partial charge < -0.3 is 20.3 Å². The van der Waals surface area contributed by atoms with Gasteiger partial charge in [-0.1, -0.05) is 33.6 Å². The number of aliphatic imine (C=N–C) groups is 1. The zero-order chi connectivity index (χ0) is 19.5. The van der Waals surface area contributed by atoms with Crippen molar-refractivity contribution in [1.82, 2.24) is 20.4 Å². The summed E-state index contributed by atoms with van der Waals surface area (Å²) in [7, 11) is 1.89. The second-order valence-corrected chi connectivity index (χ2v) is 8.01. The summed E-state index contributed by atoms with van der Waals surface area (Å²) < 4.78 is 5.57. The third-order valence-electron chi connectivity index (χ3n) is 6.28. The number of hydrogen-bond donors (Lipinski definition) is 2. The van der Waals surface area contributed by atoms with Crippen LogP contribution in [0.3, 0.4) is 0 Å². The van der Waals surface area contributed by atoms with E-state index in [1.165, 1.54) is 51.7 Å². The van der Waals surface area contributed by atoms with Gasteiger partial charge in [-0.15, -0.1) is 24.0 Å². The van der Waals surface area contributed by atoms with Gasteiger partial charge in [0.25, 0.3) is 0 Å². The van der Waals surface area contributed by atoms with E-state index in [-0.39, 0.29) is 24.0 Å². The van der Waals surface area contributed by atoms with Crippen molar-refractivity contribution >= 4 is 29.9 Å². The number of rotatable bonds is 9. The van der Waals surface area contributed by atoms with Crippen molar-refractivity contribution < 1.29 is 4.74 Å². The van der Waals surface area contributed by atoms with Gasteiger partial charge in [0.1, 0.15) is 0 Å². The molecule has 2 aliphatic rings. The lowest BCUT2D eigenvalue weighted by atomic mass is 9.92. The number of nitrogens with one attached hydrogen (secondary N) is 2. The molecule has 28 heavy (non-hydrogen) atoms. The Morgan fingerprint density at radius 2 is 1.71 bits per heavy atom. The first-order chi connectivity index (χ1) is 13.2. The summed E-state index contributed by atoms with van der Waals surface area (Å²) in [5.74, 6) is 1.68. The quantitative estimate of drug-likeness (QED) is 0.285. The van der Waals surface area contributed by atoms with E-state index in [4.69, 9.17) is 4.74 Å². The van der Waals surface area contributed by atoms with Crippen molar-refractivity contribution in [1.29, 1.82) is 0 Å². The molecule has 2 aliphatic heterocycles. The van der Waals surface area contributed by atoms with E-state index in [2.05, 4.69) is 46.2 Å². The Hall–Kier alpha value is -0.120. The van der Waals surface area contributed by atoms with Crippen LogP contribution in [0.25, 0.3) is 0 Å². The molecule has 2 fully saturated rings. The Bertz CT molecular complexity index is 419. The lowest BCUT2D eigenvalue weighted by Crippen LogP contribution is -2.55. The molecule has 0 aromatic heterocycles. The molecule has 2 saturated heterocycles. The van der Waals surface area contributed by atoms with Crippen LogP contribution in [-0.4, -0.2) is 87.4 Å². The summed E-state index contributed by atoms with van der Waals surface area (Å²) in [6.45, 7) is 15.3. The molecule has 0 aromatic rings. The fraction of sp³-hybridized carbons (Fsp3) is 0.952. The summed E-state index contributed by atoms with van der Waals surface area (Å²) >= 11 is 0. The molecular weight excluding hydrogens is 465 g/mol. The highest BCUT2D eigenvalue weighted by Crippen LogP contribution is 2.19. The number of halogens is 1. The van der Waals surface area contributed by atoms with Gasteiger partial charge in [-0.25, -0.2) is 0 Å². The molecule has 1 atom stereocenters. The van der Waals surface area contributed by atoms with Gasteiger partial charge in [-0.05, 0) is 31.7 Å². The van der Waals surface area contributed by atoms with Gasteiger partial charge in [0, 0.05) is 51.9 Å². The molecule has 166 valence electrons. The average Bonchev–Trinajstić information content (AvgIpc) is 2.72. The zero-order valence-electron chi connectivity index (χ0n) is 18.6. The van der Waals surface area contributed by atoms with Crippen molar-refractivity contribution in [3.05, 3.63) is 0 Å². The molecule has 1 unspecified atom stereocenters. The lowest BCUT2D eigenvalue weighted by molar-refractivity contribution is 0.00270. The minimum atomic E-state index is 0. The van der Waals surface area contributed by atoms with Gasteiger partial charge >= 0.3 is 0 Å². The van der Waals surface area contributed by atoms with Crippen molar-refractivity contribution in [2.45, 2.75) is 65.0 Å². The highest BCUT2D eigenvalue weighted by atomic mass is 127. The van der Waals surface area contributed by atoms with Gasteiger partial charge in [0.2, 0.25) is 0 Å². The summed E-state index contributed by atoms with van der Waals surface area (Å²) in [6.07, 6.45) is 6.12. The van der Waals surface area contributed by atoms with Crippen LogP contribution in [0.2, 0.25) is 0 Å². The second kappa shape index (κ2) is 14.8. The zero-order valence-corrected chi connectivity index (χ0v) is 20.9. The van der Waals surface area contributed by atoms with E-state index in [9.17, 15) is 0 Å². The topological polar surface area (TPSA) is 52.1 Å². The van der Waals surface area contributed by atoms with Crippen molar-refractivity contribution in [2.24, 2.45) is 10.9 Å². The molecule has 0 saturated carbocycles. The molecule has 0 aliphatic carbocycles. The van der Waals surface area contributed by atoms with Gasteiger partial charge in [-0.2, -0.15) is 0 Å². The number of likely N-dealkylation sites (tertiary alicyclic amines) is 1. The van der Waals surface area contributed by atoms with E-state index in [1.807, 2.05) is 7.05 Å². The lowest BCUT2D eigenvalue weighted by Gasteiger charge is -2.39. The van der Waals surface area contributed by atoms with E-state index in [0.29, 0.717) is 18.0 Å². The Balaban J connectivity index is 0.00000392. The second-order valence-electron chi connectivity index (χ2n) is 8.01. The van der Waals surface area contributed by atoms with Gasteiger partial charge in [-0.3, -0.25) is 9.89 Å². The summed E-state index contributed by atoms with van der Waals surface area (Å²) in [5.41, 5.74) is 0. The van der Waals surface area contributed by atoms with Gasteiger partial charge in [0.05, 0.1) is 13.2 Å². The molecule has 2 N–H and O–H groups in total. The first-order valence-corrected chi connectivity index (χ1v) is 11.2. The molecular formula is C21H44IN5O. The molecule has 2 heterocycles. The Kier molecular flexibility index (Phi) is 13.7. The standard InChI is InChI=1S/C21H43N5O.HI/c1-5-10-25-11-8-19(9-12-25)24-21(22-4)23-17-20(18(6-2)7-3)26-13-15-27-16-14-26;/h18-20H,5-17H2,1-4H3,(H2,22,23,24);1H. The van der Waals surface area contributed by atoms with Crippen LogP contribution < -0.4 is 10.6 Å². The minimum absolute atomic E-state index is 0. The van der Waals surface area contributed by atoms with Crippen molar-refractivity contribution in [3.63, 3.8) is 0 Å². The smallest absolute Gasteiger partial charge is 0.191 e. The third kappa shape index (κ3) is 8.32. The predicted molar refractivity (Wildman–Crippen MR) is 130 cm³/mol. The molecule has 0 radical (unpaired) electrons. The number of ether oxygens (including phenoxy) is 1. The molecule has 0 spiro atoms. The summed E-state index contributed by atoms with van der Waals surface area (Å²) in [4.78, 5) is 9.70. The van der Waals surface area contributed by atoms with Crippen molar-refractivity contribution in [2.75, 3.05) is 59.5 Å². The maximum Gasteiger partial charge on any atom is 0.191 e. The van der Waals surface area contributed by atoms with Crippen molar-refractivity contribution in [3.8, 4) is 0 Å². The number of guanidine groups is 1. The summed E-state index contributed by atoms with van der Waals surface area (Å²) in [6, 6.07) is 1.09. The van der Waals surface area contributed by atoms with E-state index < -0.39 is 0 Å². The van der Waals surface area contributed by atoms with E-state index >= 15 is 0 Å². The molecule has 6 nitrogen and oxygen atoms in total. The van der Waals surface area contributed by atoms with E-state index in [1.54, 1.807) is 0 Å². The normalized spacial score (nSPS) is 21.4. The number of hydrogen-bond acceptors (Lipinski definition) is 4. The van der Waals surface area contributed by atoms with Crippen LogP contribution >= 0.6 is 24.0 Å². The molecule has 0 bridgehead atoms. The molecule has 7 heteroatoms. The SMILES string of the molecule is CCCN1CCC(NC(=NC)NCC(C(CC)CC)N2CCOCC2)CC1.I. The van der Waals surface area contributed by atoms with Crippen LogP contribution in [0, 0.1) is 5.92 Å². The number of nitrogens with zero attached hydrogens (tertiary/aromatic N) is 3. The largest absolute Gasteiger partial charge is 0.379 e. The maximum atomic E-state index is 5.57. The van der Waals surface area contributed by atoms with Crippen LogP contribution in [0.4, 0.5) is 0 Å². The maximum absolute atomic E-state index is 5.57. The molecule has 0 amide bonds. The Morgan fingerprint density at radius 3 is 2.25 bits per heavy atom. The number of piperidine rings is 1. The monoisotopic (exact) mass is 509 g/mol. The fourth-order valence-corrected chi connectivity index (χ4v) is 4.54. The van der Waals surface area contributed by atoms with E-state index in [0.717, 1.165) is 38.8 Å². The Morgan fingerprint density at radius 1 is 1.07 bits per heavy atom. The van der Waals surface area contributed by atoms with Gasteiger partial charge in [0.15, 0.2) is 5.96 Å². The third-order valence-corrected chi connectivity index (χ3v) is 6.28. The highest BCUT2D eigenvalue weighted by molar-refractivity contribution is 14.0. The first-order valence-electron chi connectivity index (χ1n) is 11.2. The number of morpholine rings is 1. The highest BCUT2D eigenvalue weighted by Gasteiger charge is 2.27. The first kappa shape index (κ1) is 25.9. The summed E-state index contributed by atoms with van der Waals surface area (Å²) in [5, 5.41) is 7.31. The predicted octanol–water partition coefficient (Wildman–Crippen LogP) is 2.78. The molecule has 0 aromatic carbocycles. The molecule has 2 rings (SSSR count).